The van der Waals surface area contributed by atoms with Gasteiger partial charge in [0.15, 0.2) is 0 Å². The Hall–Kier alpha value is -4.31. The molecule has 0 aliphatic carbocycles. The Morgan fingerprint density at radius 1 is 0.897 bits per heavy atom. The van der Waals surface area contributed by atoms with Crippen LogP contribution in [0.3, 0.4) is 0 Å². The SMILES string of the molecule is C=C(NCc1ccc(C)o1)c1ccc(C)c(C(C)=C(C)C)c1.CCc1ccc(-c2ccccc2C(=O)O)cc1. The van der Waals surface area contributed by atoms with E-state index >= 15 is 0 Å². The number of aryl methyl sites for hydroxylation is 3. The third-order valence-electron chi connectivity index (χ3n) is 6.84. The van der Waals surface area contributed by atoms with Gasteiger partial charge in [-0.2, -0.15) is 0 Å². The van der Waals surface area contributed by atoms with Crippen molar-refractivity contribution >= 4 is 17.2 Å². The molecule has 0 bridgehead atoms. The van der Waals surface area contributed by atoms with E-state index in [1.165, 1.54) is 27.8 Å². The predicted molar refractivity (Wildman–Crippen MR) is 163 cm³/mol. The van der Waals surface area contributed by atoms with Crippen molar-refractivity contribution in [1.82, 2.24) is 5.32 Å². The Kier molecular flexibility index (Phi) is 10.1. The Morgan fingerprint density at radius 2 is 1.59 bits per heavy atom. The summed E-state index contributed by atoms with van der Waals surface area (Å²) in [6, 6.07) is 25.5. The van der Waals surface area contributed by atoms with Gasteiger partial charge in [0.05, 0.1) is 12.1 Å². The summed E-state index contributed by atoms with van der Waals surface area (Å²) in [4.78, 5) is 11.1. The highest BCUT2D eigenvalue weighted by Crippen LogP contribution is 2.26. The van der Waals surface area contributed by atoms with Gasteiger partial charge in [-0.05, 0) is 104 Å². The zero-order valence-corrected chi connectivity index (χ0v) is 23.9. The van der Waals surface area contributed by atoms with Gasteiger partial charge in [0.1, 0.15) is 11.5 Å². The van der Waals surface area contributed by atoms with E-state index in [1.807, 2.05) is 55.5 Å². The Bertz CT molecular complexity index is 1470. The molecule has 0 aliphatic rings. The van der Waals surface area contributed by atoms with Crippen LogP contribution in [0.2, 0.25) is 0 Å². The number of carboxylic acids is 1. The number of allylic oxidation sites excluding steroid dienone is 2. The second-order valence-electron chi connectivity index (χ2n) is 9.90. The first-order chi connectivity index (χ1) is 18.6. The number of hydrogen-bond acceptors (Lipinski definition) is 3. The molecule has 0 unspecified atom stereocenters. The summed E-state index contributed by atoms with van der Waals surface area (Å²) in [6.45, 7) is 17.5. The molecule has 0 spiro atoms. The molecule has 4 aromatic rings. The van der Waals surface area contributed by atoms with Crippen molar-refractivity contribution in [3.05, 3.63) is 130 Å². The molecular weight excluding hydrogens is 482 g/mol. The molecule has 0 saturated carbocycles. The summed E-state index contributed by atoms with van der Waals surface area (Å²) >= 11 is 0. The molecule has 0 saturated heterocycles. The average Bonchev–Trinajstić information content (AvgIpc) is 3.36. The molecule has 2 N–H and O–H groups in total. The zero-order valence-electron chi connectivity index (χ0n) is 23.9. The van der Waals surface area contributed by atoms with Crippen LogP contribution in [-0.4, -0.2) is 11.1 Å². The summed E-state index contributed by atoms with van der Waals surface area (Å²) < 4.78 is 5.57. The standard InChI is InChI=1S/C20H25NO.C15H14O2/c1-13(2)16(5)20-11-18(9-7-14(20)3)17(6)21-12-19-10-8-15(4)22-19;1-2-11-7-9-12(10-8-11)13-5-3-4-6-14(13)15(16)17/h7-11,21H,6,12H2,1-5H3;3-10H,2H2,1H3,(H,16,17). The number of furan rings is 1. The van der Waals surface area contributed by atoms with Gasteiger partial charge in [-0.3, -0.25) is 0 Å². The molecule has 0 radical (unpaired) electrons. The predicted octanol–water partition coefficient (Wildman–Crippen LogP) is 9.08. The van der Waals surface area contributed by atoms with E-state index < -0.39 is 5.97 Å². The van der Waals surface area contributed by atoms with Crippen molar-refractivity contribution in [3.63, 3.8) is 0 Å². The first-order valence-electron chi connectivity index (χ1n) is 13.3. The highest BCUT2D eigenvalue weighted by atomic mass is 16.4. The highest BCUT2D eigenvalue weighted by molar-refractivity contribution is 5.96. The second-order valence-corrected chi connectivity index (χ2v) is 9.90. The van der Waals surface area contributed by atoms with Gasteiger partial charge in [0.25, 0.3) is 0 Å². The minimum atomic E-state index is -0.889. The van der Waals surface area contributed by atoms with Crippen molar-refractivity contribution in [3.8, 4) is 11.1 Å². The van der Waals surface area contributed by atoms with Crippen LogP contribution in [0.5, 0.6) is 0 Å². The molecule has 0 aliphatic heterocycles. The molecular formula is C35H39NO3. The molecule has 4 nitrogen and oxygen atoms in total. The van der Waals surface area contributed by atoms with Crippen LogP contribution in [0.25, 0.3) is 22.4 Å². The smallest absolute Gasteiger partial charge is 0.336 e. The number of nitrogens with one attached hydrogen (secondary N) is 1. The second kappa shape index (κ2) is 13.5. The van der Waals surface area contributed by atoms with Crippen molar-refractivity contribution in [2.24, 2.45) is 0 Å². The number of aromatic carboxylic acids is 1. The number of rotatable bonds is 8. The fourth-order valence-corrected chi connectivity index (χ4v) is 4.20. The maximum Gasteiger partial charge on any atom is 0.336 e. The van der Waals surface area contributed by atoms with E-state index in [0.29, 0.717) is 12.1 Å². The lowest BCUT2D eigenvalue weighted by Crippen LogP contribution is -2.10. The van der Waals surface area contributed by atoms with Gasteiger partial charge in [-0.15, -0.1) is 0 Å². The molecule has 0 fully saturated rings. The Labute approximate surface area is 232 Å². The summed E-state index contributed by atoms with van der Waals surface area (Å²) in [5.41, 5.74) is 10.6. The fourth-order valence-electron chi connectivity index (χ4n) is 4.20. The lowest BCUT2D eigenvalue weighted by atomic mass is 9.95. The van der Waals surface area contributed by atoms with E-state index in [9.17, 15) is 4.79 Å². The molecule has 1 aromatic heterocycles. The van der Waals surface area contributed by atoms with Crippen LogP contribution in [-0.2, 0) is 13.0 Å². The van der Waals surface area contributed by atoms with Gasteiger partial charge < -0.3 is 14.8 Å². The van der Waals surface area contributed by atoms with Gasteiger partial charge >= 0.3 is 5.97 Å². The van der Waals surface area contributed by atoms with Crippen LogP contribution < -0.4 is 5.32 Å². The van der Waals surface area contributed by atoms with Crippen molar-refractivity contribution in [2.75, 3.05) is 0 Å². The first-order valence-corrected chi connectivity index (χ1v) is 13.3. The summed E-state index contributed by atoms with van der Waals surface area (Å²) in [5.74, 6) is 0.964. The monoisotopic (exact) mass is 521 g/mol. The fraction of sp³-hybridized carbons (Fsp3) is 0.229. The summed E-state index contributed by atoms with van der Waals surface area (Å²) in [7, 11) is 0. The maximum atomic E-state index is 11.1. The molecule has 0 amide bonds. The van der Waals surface area contributed by atoms with Gasteiger partial charge in [-0.25, -0.2) is 4.79 Å². The molecule has 202 valence electrons. The molecule has 39 heavy (non-hydrogen) atoms. The van der Waals surface area contributed by atoms with Crippen molar-refractivity contribution in [2.45, 2.75) is 54.5 Å². The van der Waals surface area contributed by atoms with E-state index in [-0.39, 0.29) is 0 Å². The van der Waals surface area contributed by atoms with Crippen LogP contribution in [0.4, 0.5) is 0 Å². The summed E-state index contributed by atoms with van der Waals surface area (Å²) in [5, 5.41) is 12.5. The zero-order chi connectivity index (χ0) is 28.5. The number of carbonyl (C=O) groups is 1. The lowest BCUT2D eigenvalue weighted by molar-refractivity contribution is 0.0697. The normalized spacial score (nSPS) is 10.3. The molecule has 4 heteroatoms. The van der Waals surface area contributed by atoms with Gasteiger partial charge in [-0.1, -0.05) is 73.7 Å². The summed E-state index contributed by atoms with van der Waals surface area (Å²) in [6.07, 6.45) is 0.987. The third kappa shape index (κ3) is 7.84. The Morgan fingerprint density at radius 3 is 2.18 bits per heavy atom. The van der Waals surface area contributed by atoms with Gasteiger partial charge in [0, 0.05) is 5.70 Å². The number of carboxylic acid groups (broad SMARTS) is 1. The van der Waals surface area contributed by atoms with E-state index in [0.717, 1.165) is 40.3 Å². The van der Waals surface area contributed by atoms with Crippen LogP contribution >= 0.6 is 0 Å². The average molecular weight is 522 g/mol. The van der Waals surface area contributed by atoms with E-state index in [4.69, 9.17) is 9.52 Å². The molecule has 0 atom stereocenters. The van der Waals surface area contributed by atoms with Crippen LogP contribution in [0.1, 0.15) is 71.8 Å². The van der Waals surface area contributed by atoms with E-state index in [2.05, 4.69) is 64.7 Å². The third-order valence-corrected chi connectivity index (χ3v) is 6.84. The molecule has 3 aromatic carbocycles. The van der Waals surface area contributed by atoms with E-state index in [1.54, 1.807) is 12.1 Å². The van der Waals surface area contributed by atoms with Gasteiger partial charge in [0.2, 0.25) is 0 Å². The minimum Gasteiger partial charge on any atom is -0.478 e. The lowest BCUT2D eigenvalue weighted by Gasteiger charge is -2.14. The van der Waals surface area contributed by atoms with Crippen LogP contribution in [0.15, 0.2) is 95.4 Å². The van der Waals surface area contributed by atoms with Crippen molar-refractivity contribution in [1.29, 1.82) is 0 Å². The number of benzene rings is 3. The minimum absolute atomic E-state index is 0.344. The topological polar surface area (TPSA) is 62.5 Å². The molecule has 1 heterocycles. The Balaban J connectivity index is 0.000000223. The van der Waals surface area contributed by atoms with Crippen LogP contribution in [0, 0.1) is 13.8 Å². The largest absolute Gasteiger partial charge is 0.478 e. The maximum absolute atomic E-state index is 11.1. The van der Waals surface area contributed by atoms with Crippen molar-refractivity contribution < 1.29 is 14.3 Å². The quantitative estimate of drug-likeness (QED) is 0.243. The highest BCUT2D eigenvalue weighted by Gasteiger charge is 2.10. The molecule has 4 rings (SSSR count). The first kappa shape index (κ1) is 29.2. The number of hydrogen-bond donors (Lipinski definition) is 2.